The van der Waals surface area contributed by atoms with Crippen molar-refractivity contribution in [2.75, 3.05) is 13.2 Å². The number of carboxylic acid groups (broad SMARTS) is 1. The number of amides is 1. The predicted molar refractivity (Wildman–Crippen MR) is 153 cm³/mol. The molecule has 0 spiro atoms. The normalized spacial score (nSPS) is 37.1. The molecular formula is C32H42N2O8. The molecule has 4 aliphatic rings. The topological polar surface area (TPSA) is 166 Å². The minimum atomic E-state index is -1.61. The summed E-state index contributed by atoms with van der Waals surface area (Å²) in [5, 5.41) is 48.7. The third-order valence-electron chi connectivity index (χ3n) is 11.0. The summed E-state index contributed by atoms with van der Waals surface area (Å²) in [4.78, 5) is 42.0. The minimum absolute atomic E-state index is 0.0204. The number of benzene rings is 1. The molecule has 8 atom stereocenters. The largest absolute Gasteiger partial charge is 0.480 e. The van der Waals surface area contributed by atoms with Crippen LogP contribution in [0.15, 0.2) is 47.1 Å². The molecule has 1 amide bonds. The van der Waals surface area contributed by atoms with Gasteiger partial charge in [0.05, 0.1) is 11.8 Å². The van der Waals surface area contributed by atoms with Gasteiger partial charge in [-0.25, -0.2) is 4.79 Å². The lowest BCUT2D eigenvalue weighted by Crippen LogP contribution is -2.62. The van der Waals surface area contributed by atoms with Crippen LogP contribution in [-0.4, -0.2) is 74.8 Å². The standard InChI is InChI=1S/C32H42N2O8/c1-30-12-10-21(34-42-18-27(38)33-24(29(39)40)14-19-6-4-3-5-7-19)15-20(30)8-9-22-23-11-13-32(41,26(37)17-35)31(23,2)16-25(36)28(22)30/h3-7,15,22-25,28,35-36,41H,8-14,16-18H2,1-2H3,(H,33,38)(H,39,40)/t22-,23-,24+,25+,28+,30+,31+,32+/m1/s1. The van der Waals surface area contributed by atoms with Gasteiger partial charge in [0, 0.05) is 11.8 Å². The van der Waals surface area contributed by atoms with Crippen molar-refractivity contribution in [3.05, 3.63) is 47.5 Å². The number of oxime groups is 1. The number of nitrogens with one attached hydrogen (secondary N) is 1. The molecule has 228 valence electrons. The Morgan fingerprint density at radius 3 is 2.55 bits per heavy atom. The molecule has 10 nitrogen and oxygen atoms in total. The van der Waals surface area contributed by atoms with Crippen molar-refractivity contribution in [1.82, 2.24) is 5.32 Å². The van der Waals surface area contributed by atoms with Gasteiger partial charge in [0.25, 0.3) is 5.91 Å². The number of allylic oxidation sites excluding steroid dienone is 2. The molecule has 0 radical (unpaired) electrons. The maximum Gasteiger partial charge on any atom is 0.326 e. The van der Waals surface area contributed by atoms with Crippen molar-refractivity contribution >= 4 is 23.4 Å². The van der Waals surface area contributed by atoms with Crippen molar-refractivity contribution in [2.45, 2.75) is 83.0 Å². The van der Waals surface area contributed by atoms with E-state index in [4.69, 9.17) is 4.84 Å². The summed E-state index contributed by atoms with van der Waals surface area (Å²) in [7, 11) is 0. The van der Waals surface area contributed by atoms with Crippen LogP contribution in [-0.2, 0) is 25.6 Å². The molecule has 3 fully saturated rings. The van der Waals surface area contributed by atoms with Crippen LogP contribution in [0.5, 0.6) is 0 Å². The molecule has 0 heterocycles. The van der Waals surface area contributed by atoms with Crippen molar-refractivity contribution < 1.29 is 39.6 Å². The summed E-state index contributed by atoms with van der Waals surface area (Å²) in [6, 6.07) is 7.99. The number of carbonyl (C=O) groups excluding carboxylic acids is 2. The number of carbonyl (C=O) groups is 3. The van der Waals surface area contributed by atoms with Gasteiger partial charge in [-0.1, -0.05) is 54.9 Å². The lowest BCUT2D eigenvalue weighted by atomic mass is 9.45. The van der Waals surface area contributed by atoms with Crippen molar-refractivity contribution in [3.8, 4) is 0 Å². The van der Waals surface area contributed by atoms with E-state index in [1.165, 1.54) is 5.57 Å². The summed E-state index contributed by atoms with van der Waals surface area (Å²) in [6.45, 7) is 2.99. The van der Waals surface area contributed by atoms with Gasteiger partial charge in [0.15, 0.2) is 12.4 Å². The molecule has 0 bridgehead atoms. The highest BCUT2D eigenvalue weighted by Gasteiger charge is 2.68. The SMILES string of the molecule is C[C@]12CCC(=NOCC(=O)N[C@@H](Cc3ccccc3)C(=O)O)C=C1CC[C@H]1[C@H]2[C@@H](O)C[C@@]2(C)[C@@H]1CC[C@]2(O)C(=O)CO. The predicted octanol–water partition coefficient (Wildman–Crippen LogP) is 2.40. The monoisotopic (exact) mass is 582 g/mol. The molecule has 4 aliphatic carbocycles. The second-order valence-electron chi connectivity index (χ2n) is 13.1. The van der Waals surface area contributed by atoms with Gasteiger partial charge in [-0.15, -0.1) is 0 Å². The maximum atomic E-state index is 12.6. The zero-order valence-electron chi connectivity index (χ0n) is 24.3. The highest BCUT2D eigenvalue weighted by Crippen LogP contribution is 2.67. The van der Waals surface area contributed by atoms with E-state index in [0.29, 0.717) is 31.4 Å². The highest BCUT2D eigenvalue weighted by molar-refractivity contribution is 5.96. The summed E-state index contributed by atoms with van der Waals surface area (Å²) < 4.78 is 0. The molecule has 0 aliphatic heterocycles. The van der Waals surface area contributed by atoms with Crippen molar-refractivity contribution in [2.24, 2.45) is 33.7 Å². The molecule has 0 aromatic heterocycles. The quantitative estimate of drug-likeness (QED) is 0.277. The Balaban J connectivity index is 1.23. The Labute approximate surface area is 245 Å². The fraction of sp³-hybridized carbons (Fsp3) is 0.625. The zero-order chi connectivity index (χ0) is 30.3. The zero-order valence-corrected chi connectivity index (χ0v) is 24.3. The van der Waals surface area contributed by atoms with Gasteiger partial charge in [-0.05, 0) is 79.8 Å². The molecule has 10 heteroatoms. The number of aliphatic carboxylic acids is 1. The van der Waals surface area contributed by atoms with Gasteiger partial charge in [-0.2, -0.15) is 0 Å². The van der Waals surface area contributed by atoms with E-state index in [2.05, 4.69) is 17.4 Å². The van der Waals surface area contributed by atoms with E-state index >= 15 is 0 Å². The van der Waals surface area contributed by atoms with E-state index < -0.39 is 54.0 Å². The highest BCUT2D eigenvalue weighted by atomic mass is 16.6. The van der Waals surface area contributed by atoms with Crippen molar-refractivity contribution in [1.29, 1.82) is 0 Å². The molecule has 0 unspecified atom stereocenters. The lowest BCUT2D eigenvalue weighted by molar-refractivity contribution is -0.181. The van der Waals surface area contributed by atoms with E-state index in [9.17, 15) is 34.8 Å². The first-order valence-corrected chi connectivity index (χ1v) is 14.9. The molecule has 5 N–H and O–H groups in total. The first-order valence-electron chi connectivity index (χ1n) is 14.9. The Kier molecular flexibility index (Phi) is 8.35. The number of nitrogens with zero attached hydrogens (tertiary/aromatic N) is 1. The number of carboxylic acids is 1. The Morgan fingerprint density at radius 1 is 1.12 bits per heavy atom. The summed E-state index contributed by atoms with van der Waals surface area (Å²) in [5.41, 5.74) is 0.0184. The molecular weight excluding hydrogens is 540 g/mol. The van der Waals surface area contributed by atoms with Crippen molar-refractivity contribution in [3.63, 3.8) is 0 Å². The number of ketones is 1. The molecule has 42 heavy (non-hydrogen) atoms. The van der Waals surface area contributed by atoms with Crippen LogP contribution in [0.1, 0.15) is 64.4 Å². The van der Waals surface area contributed by atoms with Gasteiger partial charge >= 0.3 is 5.97 Å². The number of hydrogen-bond donors (Lipinski definition) is 5. The number of Topliss-reactive ketones (excluding diaryl/α,β-unsaturated/α-hetero) is 1. The van der Waals surface area contributed by atoms with Crippen LogP contribution >= 0.6 is 0 Å². The molecule has 0 saturated heterocycles. The molecule has 3 saturated carbocycles. The molecule has 5 rings (SSSR count). The van der Waals surface area contributed by atoms with E-state index in [1.54, 1.807) is 12.1 Å². The summed E-state index contributed by atoms with van der Waals surface area (Å²) in [6.07, 6.45) is 5.74. The second-order valence-corrected chi connectivity index (χ2v) is 13.1. The van der Waals surface area contributed by atoms with Crippen LogP contribution < -0.4 is 5.32 Å². The number of aliphatic hydroxyl groups excluding tert-OH is 2. The Bertz CT molecular complexity index is 1280. The minimum Gasteiger partial charge on any atom is -0.480 e. The van der Waals surface area contributed by atoms with Crippen LogP contribution in [0.4, 0.5) is 0 Å². The fourth-order valence-electron chi connectivity index (χ4n) is 8.82. The van der Waals surface area contributed by atoms with Crippen LogP contribution in [0, 0.1) is 28.6 Å². The van der Waals surface area contributed by atoms with Gasteiger partial charge in [0.2, 0.25) is 0 Å². The van der Waals surface area contributed by atoms with E-state index in [1.807, 2.05) is 31.2 Å². The third kappa shape index (κ3) is 5.18. The number of rotatable bonds is 9. The maximum absolute atomic E-state index is 12.6. The lowest BCUT2D eigenvalue weighted by Gasteiger charge is -2.60. The average molecular weight is 583 g/mol. The first kappa shape index (κ1) is 30.4. The summed E-state index contributed by atoms with van der Waals surface area (Å²) in [5.74, 6) is -2.04. The van der Waals surface area contributed by atoms with Crippen LogP contribution in [0.3, 0.4) is 0 Å². The second kappa shape index (κ2) is 11.5. The Hall–Kier alpha value is -3.08. The van der Waals surface area contributed by atoms with Gasteiger partial charge in [-0.3, -0.25) is 9.59 Å². The van der Waals surface area contributed by atoms with E-state index in [-0.39, 0.29) is 29.6 Å². The average Bonchev–Trinajstić information content (AvgIpc) is 3.23. The molecule has 1 aromatic rings. The third-order valence-corrected chi connectivity index (χ3v) is 11.0. The number of aliphatic hydroxyl groups is 3. The smallest absolute Gasteiger partial charge is 0.326 e. The van der Waals surface area contributed by atoms with Gasteiger partial charge < -0.3 is 30.6 Å². The van der Waals surface area contributed by atoms with Crippen LogP contribution in [0.2, 0.25) is 0 Å². The fourth-order valence-corrected chi connectivity index (χ4v) is 8.82. The summed E-state index contributed by atoms with van der Waals surface area (Å²) >= 11 is 0. The Morgan fingerprint density at radius 2 is 1.86 bits per heavy atom. The molecule has 1 aromatic carbocycles. The number of hydrogen-bond acceptors (Lipinski definition) is 8. The number of fused-ring (bicyclic) bond motifs is 5. The first-order chi connectivity index (χ1) is 19.9. The van der Waals surface area contributed by atoms with Crippen LogP contribution in [0.25, 0.3) is 0 Å². The van der Waals surface area contributed by atoms with Gasteiger partial charge in [0.1, 0.15) is 18.2 Å². The van der Waals surface area contributed by atoms with E-state index in [0.717, 1.165) is 24.8 Å².